The molecule has 1 aromatic rings. The van der Waals surface area contributed by atoms with E-state index in [1.165, 1.54) is 0 Å². The maximum absolute atomic E-state index is 11.5. The van der Waals surface area contributed by atoms with Crippen LogP contribution in [0.2, 0.25) is 0 Å². The van der Waals surface area contributed by atoms with Crippen LogP contribution in [0.5, 0.6) is 0 Å². The number of nitrogens with zero attached hydrogens (tertiary/aromatic N) is 3. The number of hydrogen-bond acceptors (Lipinski definition) is 6. The van der Waals surface area contributed by atoms with E-state index in [2.05, 4.69) is 15.3 Å². The highest BCUT2D eigenvalue weighted by molar-refractivity contribution is 7.91. The zero-order valence-corrected chi connectivity index (χ0v) is 12.2. The van der Waals surface area contributed by atoms with Crippen LogP contribution in [0.4, 0.5) is 5.82 Å². The lowest BCUT2D eigenvalue weighted by Crippen LogP contribution is -2.47. The summed E-state index contributed by atoms with van der Waals surface area (Å²) in [6.45, 7) is 6.03. The molecule has 0 aromatic carbocycles. The summed E-state index contributed by atoms with van der Waals surface area (Å²) in [5.41, 5.74) is 0.892. The van der Waals surface area contributed by atoms with E-state index in [-0.39, 0.29) is 17.5 Å². The van der Waals surface area contributed by atoms with Crippen molar-refractivity contribution in [2.75, 3.05) is 29.5 Å². The molecule has 0 amide bonds. The van der Waals surface area contributed by atoms with Crippen LogP contribution in [0, 0.1) is 0 Å². The summed E-state index contributed by atoms with van der Waals surface area (Å²) in [4.78, 5) is 10.7. The van der Waals surface area contributed by atoms with Gasteiger partial charge in [-0.1, -0.05) is 6.92 Å². The van der Waals surface area contributed by atoms with E-state index in [0.29, 0.717) is 13.1 Å². The van der Waals surface area contributed by atoms with Gasteiger partial charge in [0.1, 0.15) is 5.82 Å². The fourth-order valence-electron chi connectivity index (χ4n) is 2.18. The second-order valence-corrected chi connectivity index (χ2v) is 7.03. The summed E-state index contributed by atoms with van der Waals surface area (Å²) in [5.74, 6) is 1.13. The van der Waals surface area contributed by atoms with Crippen molar-refractivity contribution < 1.29 is 8.42 Å². The molecule has 0 bridgehead atoms. The Hall–Kier alpha value is -1.21. The lowest BCUT2D eigenvalue weighted by Gasteiger charge is -2.33. The van der Waals surface area contributed by atoms with Gasteiger partial charge in [0.25, 0.3) is 0 Å². The van der Waals surface area contributed by atoms with Gasteiger partial charge in [-0.05, 0) is 13.5 Å². The summed E-state index contributed by atoms with van der Waals surface area (Å²) in [6, 6.07) is -0.0485. The third-order valence-corrected chi connectivity index (χ3v) is 5.01. The minimum Gasteiger partial charge on any atom is -0.351 e. The van der Waals surface area contributed by atoms with E-state index < -0.39 is 9.84 Å². The molecule has 0 aliphatic carbocycles. The zero-order valence-electron chi connectivity index (χ0n) is 11.3. The SMILES string of the molecule is CCNCc1cnc(N2CCS(=O)(=O)CC2C)cn1. The minimum atomic E-state index is -2.89. The Kier molecular flexibility index (Phi) is 4.36. The van der Waals surface area contributed by atoms with E-state index in [0.717, 1.165) is 18.1 Å². The van der Waals surface area contributed by atoms with Gasteiger partial charge in [-0.25, -0.2) is 13.4 Å². The molecule has 1 fully saturated rings. The summed E-state index contributed by atoms with van der Waals surface area (Å²) < 4.78 is 23.1. The number of anilines is 1. The van der Waals surface area contributed by atoms with Crippen molar-refractivity contribution in [1.82, 2.24) is 15.3 Å². The predicted molar refractivity (Wildman–Crippen MR) is 74.9 cm³/mol. The molecule has 1 saturated heterocycles. The first kappa shape index (κ1) is 14.2. The zero-order chi connectivity index (χ0) is 13.9. The van der Waals surface area contributed by atoms with Crippen LogP contribution in [-0.2, 0) is 16.4 Å². The van der Waals surface area contributed by atoms with E-state index in [9.17, 15) is 8.42 Å². The Morgan fingerprint density at radius 2 is 2.21 bits per heavy atom. The van der Waals surface area contributed by atoms with Crippen LogP contribution >= 0.6 is 0 Å². The first-order chi connectivity index (χ1) is 9.02. The van der Waals surface area contributed by atoms with Crippen LogP contribution in [0.1, 0.15) is 19.5 Å². The largest absolute Gasteiger partial charge is 0.351 e. The first-order valence-electron chi connectivity index (χ1n) is 6.50. The van der Waals surface area contributed by atoms with Gasteiger partial charge in [0.05, 0.1) is 29.6 Å². The van der Waals surface area contributed by atoms with Gasteiger partial charge >= 0.3 is 0 Å². The molecule has 0 radical (unpaired) electrons. The summed E-state index contributed by atoms with van der Waals surface area (Å²) >= 11 is 0. The second kappa shape index (κ2) is 5.83. The molecule has 106 valence electrons. The van der Waals surface area contributed by atoms with Crippen molar-refractivity contribution in [2.45, 2.75) is 26.4 Å². The van der Waals surface area contributed by atoms with Crippen LogP contribution in [0.25, 0.3) is 0 Å². The molecule has 1 N–H and O–H groups in total. The van der Waals surface area contributed by atoms with Crippen molar-refractivity contribution in [3.63, 3.8) is 0 Å². The highest BCUT2D eigenvalue weighted by Gasteiger charge is 2.28. The van der Waals surface area contributed by atoms with Crippen LogP contribution < -0.4 is 10.2 Å². The van der Waals surface area contributed by atoms with Gasteiger partial charge in [0, 0.05) is 19.1 Å². The van der Waals surface area contributed by atoms with E-state index in [4.69, 9.17) is 0 Å². The summed E-state index contributed by atoms with van der Waals surface area (Å²) in [6.07, 6.45) is 3.47. The molecule has 1 aromatic heterocycles. The molecule has 1 unspecified atom stereocenters. The molecule has 0 spiro atoms. The van der Waals surface area contributed by atoms with Crippen molar-refractivity contribution in [3.05, 3.63) is 18.1 Å². The lowest BCUT2D eigenvalue weighted by molar-refractivity contribution is 0.566. The Balaban J connectivity index is 2.06. The monoisotopic (exact) mass is 284 g/mol. The van der Waals surface area contributed by atoms with Crippen molar-refractivity contribution >= 4 is 15.7 Å². The van der Waals surface area contributed by atoms with Crippen molar-refractivity contribution in [1.29, 1.82) is 0 Å². The summed E-state index contributed by atoms with van der Waals surface area (Å²) in [7, 11) is -2.89. The number of nitrogens with one attached hydrogen (secondary N) is 1. The molecule has 19 heavy (non-hydrogen) atoms. The smallest absolute Gasteiger partial charge is 0.154 e. The molecule has 2 rings (SSSR count). The Labute approximate surface area is 114 Å². The number of rotatable bonds is 4. The molecule has 1 aliphatic heterocycles. The van der Waals surface area contributed by atoms with Gasteiger partial charge in [0.15, 0.2) is 9.84 Å². The molecular weight excluding hydrogens is 264 g/mol. The number of sulfone groups is 1. The maximum atomic E-state index is 11.5. The van der Waals surface area contributed by atoms with Crippen LogP contribution in [0.3, 0.4) is 0 Å². The van der Waals surface area contributed by atoms with Crippen LogP contribution in [-0.4, -0.2) is 49.0 Å². The molecule has 6 nitrogen and oxygen atoms in total. The third kappa shape index (κ3) is 3.63. The van der Waals surface area contributed by atoms with E-state index >= 15 is 0 Å². The number of aromatic nitrogens is 2. The fraction of sp³-hybridized carbons (Fsp3) is 0.667. The van der Waals surface area contributed by atoms with E-state index in [1.54, 1.807) is 12.4 Å². The fourth-order valence-corrected chi connectivity index (χ4v) is 3.74. The minimum absolute atomic E-state index is 0.0485. The average molecular weight is 284 g/mol. The van der Waals surface area contributed by atoms with Crippen LogP contribution in [0.15, 0.2) is 12.4 Å². The highest BCUT2D eigenvalue weighted by Crippen LogP contribution is 2.18. The van der Waals surface area contributed by atoms with Gasteiger partial charge in [-0.15, -0.1) is 0 Å². The molecule has 2 heterocycles. The number of hydrogen-bond donors (Lipinski definition) is 1. The molecular formula is C12H20N4O2S. The quantitative estimate of drug-likeness (QED) is 0.852. The lowest BCUT2D eigenvalue weighted by atomic mass is 10.3. The Morgan fingerprint density at radius 3 is 2.79 bits per heavy atom. The van der Waals surface area contributed by atoms with Gasteiger partial charge < -0.3 is 10.2 Å². The molecule has 0 saturated carbocycles. The summed E-state index contributed by atoms with van der Waals surface area (Å²) in [5, 5.41) is 3.19. The highest BCUT2D eigenvalue weighted by atomic mass is 32.2. The molecule has 7 heteroatoms. The molecule has 1 atom stereocenters. The van der Waals surface area contributed by atoms with Crippen molar-refractivity contribution in [3.8, 4) is 0 Å². The normalized spacial score (nSPS) is 22.4. The Morgan fingerprint density at radius 1 is 1.42 bits per heavy atom. The van der Waals surface area contributed by atoms with E-state index in [1.807, 2.05) is 18.7 Å². The topological polar surface area (TPSA) is 75.2 Å². The molecule has 1 aliphatic rings. The second-order valence-electron chi connectivity index (χ2n) is 4.80. The Bertz CT molecular complexity index is 515. The van der Waals surface area contributed by atoms with Gasteiger partial charge in [-0.3, -0.25) is 4.98 Å². The third-order valence-electron chi connectivity index (χ3n) is 3.21. The standard InChI is InChI=1S/C12H20N4O2S/c1-3-13-6-11-7-15-12(8-14-11)16-4-5-19(17,18)9-10(16)2/h7-8,10,13H,3-6,9H2,1-2H3. The first-order valence-corrected chi connectivity index (χ1v) is 8.32. The maximum Gasteiger partial charge on any atom is 0.154 e. The predicted octanol–water partition coefficient (Wildman–Crippen LogP) is 0.209. The van der Waals surface area contributed by atoms with Gasteiger partial charge in [0.2, 0.25) is 0 Å². The average Bonchev–Trinajstić information content (AvgIpc) is 2.36. The van der Waals surface area contributed by atoms with Gasteiger partial charge in [-0.2, -0.15) is 0 Å². The van der Waals surface area contributed by atoms with Crippen molar-refractivity contribution in [2.24, 2.45) is 0 Å².